The Morgan fingerprint density at radius 3 is 1.47 bits per heavy atom. The van der Waals surface area contributed by atoms with Crippen molar-refractivity contribution >= 4 is 23.3 Å². The van der Waals surface area contributed by atoms with Crippen molar-refractivity contribution in [2.24, 2.45) is 5.92 Å². The van der Waals surface area contributed by atoms with Crippen molar-refractivity contribution < 1.29 is 28.9 Å². The first kappa shape index (κ1) is 26.4. The van der Waals surface area contributed by atoms with Crippen LogP contribution in [0.4, 0.5) is 11.4 Å². The zero-order chi connectivity index (χ0) is 25.1. The Morgan fingerprint density at radius 1 is 0.765 bits per heavy atom. The molecule has 0 spiro atoms. The number of carbonyl (C=O) groups excluding carboxylic acids is 2. The predicted molar refractivity (Wildman–Crippen MR) is 123 cm³/mol. The Kier molecular flexibility index (Phi) is 10.1. The summed E-state index contributed by atoms with van der Waals surface area (Å²) in [5.41, 5.74) is 0.215. The minimum Gasteiger partial charge on any atom is -0.461 e. The van der Waals surface area contributed by atoms with E-state index in [2.05, 4.69) is 13.8 Å². The van der Waals surface area contributed by atoms with Crippen LogP contribution in [0.2, 0.25) is 0 Å². The number of esters is 2. The van der Waals surface area contributed by atoms with Crippen LogP contribution in [-0.4, -0.2) is 59.5 Å². The molecule has 0 aliphatic carbocycles. The van der Waals surface area contributed by atoms with Gasteiger partial charge in [0.05, 0.1) is 21.0 Å². The van der Waals surface area contributed by atoms with Gasteiger partial charge >= 0.3 is 11.9 Å². The van der Waals surface area contributed by atoms with E-state index in [4.69, 9.17) is 9.47 Å². The number of benzene rings is 2. The number of nitrogens with zero attached hydrogens (tertiary/aromatic N) is 3. The fraction of sp³-hybridized carbons (Fsp3) is 0.391. The highest BCUT2D eigenvalue weighted by molar-refractivity contribution is 5.90. The maximum atomic E-state index is 12.2. The summed E-state index contributed by atoms with van der Waals surface area (Å²) in [4.78, 5) is 46.7. The van der Waals surface area contributed by atoms with Gasteiger partial charge in [-0.05, 0) is 43.1 Å². The van der Waals surface area contributed by atoms with Crippen molar-refractivity contribution in [1.29, 1.82) is 0 Å². The van der Waals surface area contributed by atoms with Crippen LogP contribution in [0.3, 0.4) is 0 Å². The van der Waals surface area contributed by atoms with Gasteiger partial charge in [-0.25, -0.2) is 9.59 Å². The predicted octanol–water partition coefficient (Wildman–Crippen LogP) is 3.86. The van der Waals surface area contributed by atoms with E-state index in [1.165, 1.54) is 48.5 Å². The topological polar surface area (TPSA) is 142 Å². The van der Waals surface area contributed by atoms with Gasteiger partial charge in [0.25, 0.3) is 11.4 Å². The SMILES string of the molecule is CC(C)CCN(CCOC(=O)c1ccc([N+](=O)[O-])cc1)CCOC(=O)c1ccc([N+](=O)[O-])cc1. The lowest BCUT2D eigenvalue weighted by Crippen LogP contribution is -2.33. The second kappa shape index (κ2) is 13.0. The molecule has 34 heavy (non-hydrogen) atoms. The van der Waals surface area contributed by atoms with Crippen molar-refractivity contribution in [2.75, 3.05) is 32.8 Å². The number of carbonyl (C=O) groups is 2. The summed E-state index contributed by atoms with van der Waals surface area (Å²) < 4.78 is 10.6. The van der Waals surface area contributed by atoms with Crippen LogP contribution in [-0.2, 0) is 9.47 Å². The first-order chi connectivity index (χ1) is 16.2. The van der Waals surface area contributed by atoms with Crippen LogP contribution < -0.4 is 0 Å². The van der Waals surface area contributed by atoms with Gasteiger partial charge in [-0.1, -0.05) is 13.8 Å². The van der Waals surface area contributed by atoms with E-state index in [9.17, 15) is 29.8 Å². The van der Waals surface area contributed by atoms with Gasteiger partial charge in [-0.3, -0.25) is 25.1 Å². The van der Waals surface area contributed by atoms with Crippen LogP contribution in [0.1, 0.15) is 41.0 Å². The number of hydrogen-bond acceptors (Lipinski definition) is 9. The second-order valence-corrected chi connectivity index (χ2v) is 7.90. The lowest BCUT2D eigenvalue weighted by Gasteiger charge is -2.23. The second-order valence-electron chi connectivity index (χ2n) is 7.90. The Morgan fingerprint density at radius 2 is 1.15 bits per heavy atom. The summed E-state index contributed by atoms with van der Waals surface area (Å²) >= 11 is 0. The highest BCUT2D eigenvalue weighted by Gasteiger charge is 2.14. The fourth-order valence-electron chi connectivity index (χ4n) is 2.92. The number of nitro groups is 2. The molecule has 0 N–H and O–H groups in total. The summed E-state index contributed by atoms with van der Waals surface area (Å²) in [5.74, 6) is -0.709. The van der Waals surface area contributed by atoms with Gasteiger partial charge in [0, 0.05) is 37.4 Å². The molecule has 0 unspecified atom stereocenters. The van der Waals surface area contributed by atoms with E-state index in [-0.39, 0.29) is 35.7 Å². The van der Waals surface area contributed by atoms with Crippen LogP contribution in [0.25, 0.3) is 0 Å². The molecule has 0 heterocycles. The minimum atomic E-state index is -0.580. The molecule has 0 aliphatic heterocycles. The number of nitro benzene ring substituents is 2. The van der Waals surface area contributed by atoms with E-state index in [0.717, 1.165) is 6.42 Å². The van der Waals surface area contributed by atoms with Crippen LogP contribution in [0, 0.1) is 26.1 Å². The third-order valence-corrected chi connectivity index (χ3v) is 4.93. The smallest absolute Gasteiger partial charge is 0.338 e. The first-order valence-electron chi connectivity index (χ1n) is 10.7. The van der Waals surface area contributed by atoms with Crippen molar-refractivity contribution in [3.8, 4) is 0 Å². The highest BCUT2D eigenvalue weighted by atomic mass is 16.6. The van der Waals surface area contributed by atoms with Crippen molar-refractivity contribution in [3.05, 3.63) is 79.9 Å². The van der Waals surface area contributed by atoms with Crippen LogP contribution in [0.15, 0.2) is 48.5 Å². The van der Waals surface area contributed by atoms with Gasteiger partial charge in [-0.2, -0.15) is 0 Å². The van der Waals surface area contributed by atoms with Crippen LogP contribution >= 0.6 is 0 Å². The normalized spacial score (nSPS) is 10.8. The third kappa shape index (κ3) is 8.58. The molecule has 0 aromatic heterocycles. The molecule has 11 nitrogen and oxygen atoms in total. The van der Waals surface area contributed by atoms with E-state index in [1.54, 1.807) is 0 Å². The molecule has 11 heteroatoms. The van der Waals surface area contributed by atoms with E-state index in [1.807, 2.05) is 4.90 Å². The van der Waals surface area contributed by atoms with Gasteiger partial charge in [0.15, 0.2) is 0 Å². The molecule has 2 aromatic rings. The van der Waals surface area contributed by atoms with Crippen LogP contribution in [0.5, 0.6) is 0 Å². The molecule has 182 valence electrons. The number of rotatable bonds is 13. The van der Waals surface area contributed by atoms with Crippen molar-refractivity contribution in [2.45, 2.75) is 20.3 Å². The van der Waals surface area contributed by atoms with E-state index < -0.39 is 21.8 Å². The number of ether oxygens (including phenoxy) is 2. The quantitative estimate of drug-likeness (QED) is 0.241. The molecule has 0 saturated heterocycles. The van der Waals surface area contributed by atoms with E-state index in [0.29, 0.717) is 25.6 Å². The molecule has 0 aliphatic rings. The Labute approximate surface area is 196 Å². The number of hydrogen-bond donors (Lipinski definition) is 0. The third-order valence-electron chi connectivity index (χ3n) is 4.93. The summed E-state index contributed by atoms with van der Waals surface area (Å²) in [6.45, 7) is 5.92. The van der Waals surface area contributed by atoms with Crippen molar-refractivity contribution in [3.63, 3.8) is 0 Å². The van der Waals surface area contributed by atoms with Gasteiger partial charge < -0.3 is 9.47 Å². The molecular formula is C23H27N3O8. The lowest BCUT2D eigenvalue weighted by molar-refractivity contribution is -0.385. The first-order valence-corrected chi connectivity index (χ1v) is 10.7. The lowest BCUT2D eigenvalue weighted by atomic mass is 10.1. The summed E-state index contributed by atoms with van der Waals surface area (Å²) in [6, 6.07) is 10.3. The average molecular weight is 473 g/mol. The fourth-order valence-corrected chi connectivity index (χ4v) is 2.92. The zero-order valence-corrected chi connectivity index (χ0v) is 19.0. The molecule has 0 amide bonds. The Bertz CT molecular complexity index is 915. The molecule has 2 rings (SSSR count). The molecule has 0 saturated carbocycles. The Balaban J connectivity index is 1.83. The molecule has 0 fully saturated rings. The van der Waals surface area contributed by atoms with Crippen molar-refractivity contribution in [1.82, 2.24) is 4.90 Å². The maximum absolute atomic E-state index is 12.2. The standard InChI is InChI=1S/C23H27N3O8/c1-17(2)11-12-24(13-15-33-22(27)18-3-7-20(8-4-18)25(29)30)14-16-34-23(28)19-5-9-21(10-6-19)26(31)32/h3-10,17H,11-16H2,1-2H3. The zero-order valence-electron chi connectivity index (χ0n) is 19.0. The van der Waals surface area contributed by atoms with Gasteiger partial charge in [0.1, 0.15) is 13.2 Å². The highest BCUT2D eigenvalue weighted by Crippen LogP contribution is 2.14. The minimum absolute atomic E-state index is 0.101. The Hall–Kier alpha value is -3.86. The summed E-state index contributed by atoms with van der Waals surface area (Å²) in [7, 11) is 0. The molecular weight excluding hydrogens is 446 g/mol. The average Bonchev–Trinajstić information content (AvgIpc) is 2.81. The molecule has 0 atom stereocenters. The number of non-ortho nitro benzene ring substituents is 2. The van der Waals surface area contributed by atoms with Gasteiger partial charge in [-0.15, -0.1) is 0 Å². The van der Waals surface area contributed by atoms with Gasteiger partial charge in [0.2, 0.25) is 0 Å². The maximum Gasteiger partial charge on any atom is 0.338 e. The monoisotopic (exact) mass is 473 g/mol. The summed E-state index contributed by atoms with van der Waals surface area (Å²) in [6.07, 6.45) is 0.895. The van der Waals surface area contributed by atoms with E-state index >= 15 is 0 Å². The molecule has 2 aromatic carbocycles. The molecule has 0 radical (unpaired) electrons. The molecule has 0 bridgehead atoms. The largest absolute Gasteiger partial charge is 0.461 e. The summed E-state index contributed by atoms with van der Waals surface area (Å²) in [5, 5.41) is 21.4.